The number of likely N-dealkylation sites (N-methyl/N-ethyl adjacent to an activating group) is 1. The third kappa shape index (κ3) is 3.02. The molecule has 5 nitrogen and oxygen atoms in total. The molecular weight excluding hydrogens is 395 g/mol. The second-order valence-electron chi connectivity index (χ2n) is 7.70. The Morgan fingerprint density at radius 2 is 1.89 bits per heavy atom. The molecule has 4 atom stereocenters. The number of nitrogens with zero attached hydrogens (tertiary/aromatic N) is 4. The molecule has 0 aliphatic carbocycles. The van der Waals surface area contributed by atoms with Gasteiger partial charge in [0.05, 0.1) is 16.0 Å². The maximum atomic E-state index is 6.33. The van der Waals surface area contributed by atoms with Crippen molar-refractivity contribution in [1.29, 1.82) is 0 Å². The van der Waals surface area contributed by atoms with E-state index in [1.165, 1.54) is 12.0 Å². The number of hydrogen-bond donors (Lipinski definition) is 0. The maximum absolute atomic E-state index is 6.33. The van der Waals surface area contributed by atoms with E-state index in [0.29, 0.717) is 33.8 Å². The summed E-state index contributed by atoms with van der Waals surface area (Å²) in [5, 5.41) is 5.42. The first kappa shape index (κ1) is 18.1. The molecule has 4 heterocycles. The number of hydrogen-bond acceptors (Lipinski definition) is 5. The highest BCUT2D eigenvalue weighted by Crippen LogP contribution is 2.51. The minimum Gasteiger partial charge on any atom is -0.339 e. The third-order valence-electron chi connectivity index (χ3n) is 6.31. The number of benzene rings is 1. The van der Waals surface area contributed by atoms with E-state index in [9.17, 15) is 0 Å². The van der Waals surface area contributed by atoms with E-state index in [1.54, 1.807) is 12.4 Å². The van der Waals surface area contributed by atoms with Crippen molar-refractivity contribution in [2.75, 3.05) is 7.05 Å². The molecule has 0 radical (unpaired) electrons. The van der Waals surface area contributed by atoms with Gasteiger partial charge < -0.3 is 4.52 Å². The van der Waals surface area contributed by atoms with Crippen LogP contribution in [0.3, 0.4) is 0 Å². The van der Waals surface area contributed by atoms with Crippen LogP contribution < -0.4 is 0 Å². The van der Waals surface area contributed by atoms with Gasteiger partial charge in [-0.3, -0.25) is 9.88 Å². The van der Waals surface area contributed by atoms with E-state index in [0.717, 1.165) is 18.4 Å². The van der Waals surface area contributed by atoms with Gasteiger partial charge in [-0.1, -0.05) is 34.4 Å². The zero-order valence-electron chi connectivity index (χ0n) is 15.4. The van der Waals surface area contributed by atoms with Gasteiger partial charge in [0.25, 0.3) is 0 Å². The summed E-state index contributed by atoms with van der Waals surface area (Å²) in [6.45, 7) is 0. The summed E-state index contributed by atoms with van der Waals surface area (Å²) in [4.78, 5) is 11.3. The lowest BCUT2D eigenvalue weighted by atomic mass is 9.76. The Morgan fingerprint density at radius 3 is 2.68 bits per heavy atom. The van der Waals surface area contributed by atoms with Crippen LogP contribution in [0.4, 0.5) is 0 Å². The first-order valence-electron chi connectivity index (χ1n) is 9.52. The fraction of sp³-hybridized carbons (Fsp3) is 0.381. The van der Waals surface area contributed by atoms with Crippen LogP contribution in [0.15, 0.2) is 47.2 Å². The molecule has 2 unspecified atom stereocenters. The first-order chi connectivity index (χ1) is 13.6. The standard InChI is InChI=1S/C21H20Cl2N4O/c1-27-14-3-5-18(27)19(15(11-14)13-2-4-16(22)17(23)10-13)21-25-20(26-28-21)12-6-8-24-9-7-12/h2,4,6-10,14-15,18-19H,3,5,11H2,1H3/t14?,15-,18?,19-/m1/s1. The Morgan fingerprint density at radius 1 is 1.07 bits per heavy atom. The van der Waals surface area contributed by atoms with Crippen LogP contribution >= 0.6 is 23.2 Å². The summed E-state index contributed by atoms with van der Waals surface area (Å²) < 4.78 is 5.80. The Hall–Kier alpha value is -1.95. The highest BCUT2D eigenvalue weighted by atomic mass is 35.5. The van der Waals surface area contributed by atoms with Gasteiger partial charge in [-0.25, -0.2) is 0 Å². The quantitative estimate of drug-likeness (QED) is 0.591. The highest BCUT2D eigenvalue weighted by Gasteiger charge is 2.49. The van der Waals surface area contributed by atoms with Crippen molar-refractivity contribution in [3.8, 4) is 11.4 Å². The van der Waals surface area contributed by atoms with Crippen molar-refractivity contribution in [2.24, 2.45) is 0 Å². The van der Waals surface area contributed by atoms with Crippen molar-refractivity contribution in [2.45, 2.75) is 43.2 Å². The maximum Gasteiger partial charge on any atom is 0.232 e. The van der Waals surface area contributed by atoms with Crippen LogP contribution in [0.5, 0.6) is 0 Å². The predicted octanol–water partition coefficient (Wildman–Crippen LogP) is 5.17. The van der Waals surface area contributed by atoms with Gasteiger partial charge >= 0.3 is 0 Å². The number of halogens is 2. The highest BCUT2D eigenvalue weighted by molar-refractivity contribution is 6.42. The van der Waals surface area contributed by atoms with E-state index < -0.39 is 0 Å². The normalized spacial score (nSPS) is 27.2. The van der Waals surface area contributed by atoms with Gasteiger partial charge in [-0.15, -0.1) is 0 Å². The fourth-order valence-electron chi connectivity index (χ4n) is 4.88. The minimum absolute atomic E-state index is 0.129. The van der Waals surface area contributed by atoms with Gasteiger partial charge in [0, 0.05) is 30.0 Å². The van der Waals surface area contributed by atoms with Crippen molar-refractivity contribution in [3.63, 3.8) is 0 Å². The van der Waals surface area contributed by atoms with Gasteiger partial charge in [0.1, 0.15) is 0 Å². The zero-order chi connectivity index (χ0) is 19.3. The van der Waals surface area contributed by atoms with E-state index in [2.05, 4.69) is 28.2 Å². The monoisotopic (exact) mass is 414 g/mol. The smallest absolute Gasteiger partial charge is 0.232 e. The Bertz CT molecular complexity index is 993. The van der Waals surface area contributed by atoms with Gasteiger partial charge in [0.2, 0.25) is 11.7 Å². The Balaban J connectivity index is 1.55. The van der Waals surface area contributed by atoms with Crippen molar-refractivity contribution in [1.82, 2.24) is 20.0 Å². The third-order valence-corrected chi connectivity index (χ3v) is 7.05. The molecule has 144 valence electrons. The lowest BCUT2D eigenvalue weighted by molar-refractivity contribution is 0.120. The molecule has 2 aliphatic heterocycles. The SMILES string of the molecule is CN1C2CCC1[C@H](c1nc(-c3ccncc3)no1)[C@@H](c1ccc(Cl)c(Cl)c1)C2. The number of piperidine rings is 1. The molecule has 5 rings (SSSR count). The molecular formula is C21H20Cl2N4O. The molecule has 0 N–H and O–H groups in total. The molecule has 2 aliphatic rings. The summed E-state index contributed by atoms with van der Waals surface area (Å²) in [6.07, 6.45) is 6.85. The molecule has 2 saturated heterocycles. The van der Waals surface area contributed by atoms with E-state index in [1.807, 2.05) is 24.3 Å². The number of fused-ring (bicyclic) bond motifs is 2. The molecule has 3 aromatic rings. The van der Waals surface area contributed by atoms with Crippen LogP contribution in [0.1, 0.15) is 42.6 Å². The summed E-state index contributed by atoms with van der Waals surface area (Å²) in [6, 6.07) is 10.7. The second-order valence-corrected chi connectivity index (χ2v) is 8.51. The molecule has 7 heteroatoms. The van der Waals surface area contributed by atoms with Crippen LogP contribution in [0, 0.1) is 0 Å². The van der Waals surface area contributed by atoms with E-state index in [4.69, 9.17) is 32.7 Å². The summed E-state index contributed by atoms with van der Waals surface area (Å²) >= 11 is 12.5. The van der Waals surface area contributed by atoms with Gasteiger partial charge in [-0.05, 0) is 62.1 Å². The van der Waals surface area contributed by atoms with Crippen molar-refractivity contribution < 1.29 is 4.52 Å². The minimum atomic E-state index is 0.129. The molecule has 0 amide bonds. The summed E-state index contributed by atoms with van der Waals surface area (Å²) in [5.74, 6) is 1.70. The molecule has 0 saturated carbocycles. The van der Waals surface area contributed by atoms with Crippen molar-refractivity contribution in [3.05, 3.63) is 64.2 Å². The predicted molar refractivity (Wildman–Crippen MR) is 109 cm³/mol. The molecule has 2 fully saturated rings. The van der Waals surface area contributed by atoms with Crippen LogP contribution in [0.2, 0.25) is 10.0 Å². The lowest BCUT2D eigenvalue weighted by Crippen LogP contribution is -2.44. The first-order valence-corrected chi connectivity index (χ1v) is 10.3. The van der Waals surface area contributed by atoms with Crippen molar-refractivity contribution >= 4 is 23.2 Å². The topological polar surface area (TPSA) is 55.1 Å². The molecule has 28 heavy (non-hydrogen) atoms. The Kier molecular flexibility index (Phi) is 4.62. The number of aromatic nitrogens is 3. The average molecular weight is 415 g/mol. The van der Waals surface area contributed by atoms with Crippen LogP contribution in [-0.4, -0.2) is 39.2 Å². The number of rotatable bonds is 3. The second kappa shape index (κ2) is 7.14. The van der Waals surface area contributed by atoms with E-state index in [-0.39, 0.29) is 11.8 Å². The molecule has 2 aromatic heterocycles. The lowest BCUT2D eigenvalue weighted by Gasteiger charge is -2.41. The fourth-order valence-corrected chi connectivity index (χ4v) is 5.18. The summed E-state index contributed by atoms with van der Waals surface area (Å²) in [7, 11) is 2.21. The largest absolute Gasteiger partial charge is 0.339 e. The number of pyridine rings is 1. The molecule has 1 aromatic carbocycles. The van der Waals surface area contributed by atoms with Gasteiger partial charge in [-0.2, -0.15) is 4.98 Å². The molecule has 0 spiro atoms. The zero-order valence-corrected chi connectivity index (χ0v) is 16.9. The van der Waals surface area contributed by atoms with Crippen LogP contribution in [0.25, 0.3) is 11.4 Å². The van der Waals surface area contributed by atoms with Crippen LogP contribution in [-0.2, 0) is 0 Å². The average Bonchev–Trinajstić information content (AvgIpc) is 3.28. The summed E-state index contributed by atoms with van der Waals surface area (Å²) in [5.41, 5.74) is 2.10. The van der Waals surface area contributed by atoms with E-state index >= 15 is 0 Å². The Labute approximate surface area is 173 Å². The van der Waals surface area contributed by atoms with Gasteiger partial charge in [0.15, 0.2) is 0 Å². The molecule has 2 bridgehead atoms.